The van der Waals surface area contributed by atoms with E-state index < -0.39 is 7.66 Å². The maximum absolute atomic E-state index is 5.44. The number of rotatable bonds is 4. The summed E-state index contributed by atoms with van der Waals surface area (Å²) in [5.41, 5.74) is 0. The van der Waals surface area contributed by atoms with Gasteiger partial charge in [0.2, 0.25) is 0 Å². The lowest BCUT2D eigenvalue weighted by molar-refractivity contribution is 0.307. The van der Waals surface area contributed by atoms with E-state index in [0.29, 0.717) is 12.5 Å². The van der Waals surface area contributed by atoms with Crippen LogP contribution in [0.3, 0.4) is 0 Å². The van der Waals surface area contributed by atoms with Crippen LogP contribution in [0.25, 0.3) is 0 Å². The fourth-order valence-electron chi connectivity index (χ4n) is 0.393. The second-order valence-electron chi connectivity index (χ2n) is 2.31. The van der Waals surface area contributed by atoms with Gasteiger partial charge in [0, 0.05) is 6.61 Å². The molecule has 0 aromatic carbocycles. The molecule has 0 aliphatic carbocycles. The topological polar surface area (TPSA) is 9.23 Å². The molecule has 0 spiro atoms. The highest BCUT2D eigenvalue weighted by molar-refractivity contribution is 7.30. The van der Waals surface area contributed by atoms with Gasteiger partial charge in [0.1, 0.15) is 0 Å². The standard InChI is InChI=1S/C5H12Cl2OSi/c1-5(2)3-4-8-9(6)7/h5,9H,3-4H2,1-2H3. The highest BCUT2D eigenvalue weighted by Crippen LogP contribution is 2.03. The molecule has 0 saturated heterocycles. The summed E-state index contributed by atoms with van der Waals surface area (Å²) in [5.74, 6) is 0.672. The molecule has 0 bridgehead atoms. The summed E-state index contributed by atoms with van der Waals surface area (Å²) in [6, 6.07) is 0. The van der Waals surface area contributed by atoms with E-state index in [2.05, 4.69) is 13.8 Å². The minimum Gasteiger partial charge on any atom is -0.395 e. The summed E-state index contributed by atoms with van der Waals surface area (Å²) in [6.45, 7) is 4.99. The lowest BCUT2D eigenvalue weighted by atomic mass is 10.2. The largest absolute Gasteiger partial charge is 0.395 e. The van der Waals surface area contributed by atoms with Gasteiger partial charge in [-0.25, -0.2) is 0 Å². The second-order valence-corrected chi connectivity index (χ2v) is 6.22. The maximum Gasteiger partial charge on any atom is 0.373 e. The molecule has 0 aromatic heterocycles. The van der Waals surface area contributed by atoms with E-state index in [4.69, 9.17) is 26.6 Å². The third-order valence-electron chi connectivity index (χ3n) is 0.939. The number of halogens is 2. The molecule has 0 N–H and O–H groups in total. The van der Waals surface area contributed by atoms with E-state index in [1.807, 2.05) is 0 Å². The molecule has 0 aromatic rings. The quantitative estimate of drug-likeness (QED) is 0.484. The van der Waals surface area contributed by atoms with Gasteiger partial charge in [-0.05, 0) is 12.3 Å². The Bertz CT molecular complexity index is 60.0. The summed E-state index contributed by atoms with van der Waals surface area (Å²) < 4.78 is 5.02. The Balaban J connectivity index is 2.91. The third-order valence-corrected chi connectivity index (χ3v) is 2.18. The normalized spacial score (nSPS) is 11.3. The highest BCUT2D eigenvalue weighted by atomic mass is 35.7. The van der Waals surface area contributed by atoms with E-state index in [0.717, 1.165) is 6.42 Å². The first-order chi connectivity index (χ1) is 4.13. The van der Waals surface area contributed by atoms with Gasteiger partial charge in [-0.1, -0.05) is 13.8 Å². The molecule has 9 heavy (non-hydrogen) atoms. The summed E-state index contributed by atoms with van der Waals surface area (Å²) in [6.07, 6.45) is 1.04. The van der Waals surface area contributed by atoms with Crippen LogP contribution in [-0.2, 0) is 4.43 Å². The van der Waals surface area contributed by atoms with Crippen LogP contribution >= 0.6 is 22.2 Å². The summed E-state index contributed by atoms with van der Waals surface area (Å²) in [4.78, 5) is 0. The lowest BCUT2D eigenvalue weighted by Crippen LogP contribution is -2.05. The van der Waals surface area contributed by atoms with Crippen molar-refractivity contribution in [2.45, 2.75) is 20.3 Å². The zero-order valence-electron chi connectivity index (χ0n) is 5.73. The molecule has 0 aliphatic heterocycles. The SMILES string of the molecule is CC(C)CCO[SiH](Cl)Cl. The van der Waals surface area contributed by atoms with Gasteiger partial charge in [-0.2, -0.15) is 0 Å². The molecule has 0 atom stereocenters. The molecular weight excluding hydrogens is 175 g/mol. The number of hydrogen-bond acceptors (Lipinski definition) is 1. The van der Waals surface area contributed by atoms with E-state index in [1.54, 1.807) is 0 Å². The second kappa shape index (κ2) is 5.53. The van der Waals surface area contributed by atoms with Crippen LogP contribution in [0.15, 0.2) is 0 Å². The van der Waals surface area contributed by atoms with Crippen molar-refractivity contribution in [3.63, 3.8) is 0 Å². The first-order valence-electron chi connectivity index (χ1n) is 3.02. The van der Waals surface area contributed by atoms with Gasteiger partial charge in [0.05, 0.1) is 0 Å². The van der Waals surface area contributed by atoms with Crippen molar-refractivity contribution in [3.05, 3.63) is 0 Å². The maximum atomic E-state index is 5.44. The van der Waals surface area contributed by atoms with E-state index in [-0.39, 0.29) is 0 Å². The Labute approximate surface area is 67.4 Å². The van der Waals surface area contributed by atoms with Crippen LogP contribution in [0.5, 0.6) is 0 Å². The van der Waals surface area contributed by atoms with Crippen molar-refractivity contribution in [3.8, 4) is 0 Å². The van der Waals surface area contributed by atoms with Gasteiger partial charge in [0.25, 0.3) is 0 Å². The summed E-state index contributed by atoms with van der Waals surface area (Å²) in [7, 11) is -1.78. The molecule has 4 heteroatoms. The van der Waals surface area contributed by atoms with Crippen LogP contribution in [0.2, 0.25) is 0 Å². The lowest BCUT2D eigenvalue weighted by Gasteiger charge is -2.04. The van der Waals surface area contributed by atoms with Gasteiger partial charge in [-0.15, -0.1) is 22.2 Å². The molecule has 56 valence electrons. The molecular formula is C5H12Cl2OSi. The molecule has 0 saturated carbocycles. The third kappa shape index (κ3) is 8.76. The predicted molar refractivity (Wildman–Crippen MR) is 44.3 cm³/mol. The fourth-order valence-corrected chi connectivity index (χ4v) is 1.24. The first-order valence-corrected chi connectivity index (χ1v) is 6.99. The monoisotopic (exact) mass is 186 g/mol. The average Bonchev–Trinajstić information content (AvgIpc) is 1.63. The van der Waals surface area contributed by atoms with Crippen molar-refractivity contribution in [1.29, 1.82) is 0 Å². The Hall–Kier alpha value is 0.757. The van der Waals surface area contributed by atoms with Crippen LogP contribution in [0.4, 0.5) is 0 Å². The molecule has 0 radical (unpaired) electrons. The zero-order chi connectivity index (χ0) is 7.28. The molecule has 0 unspecified atom stereocenters. The Morgan fingerprint density at radius 3 is 2.33 bits per heavy atom. The molecule has 0 heterocycles. The Morgan fingerprint density at radius 1 is 1.44 bits per heavy atom. The smallest absolute Gasteiger partial charge is 0.373 e. The Morgan fingerprint density at radius 2 is 2.00 bits per heavy atom. The van der Waals surface area contributed by atoms with Gasteiger partial charge < -0.3 is 4.43 Å². The van der Waals surface area contributed by atoms with Crippen LogP contribution in [0.1, 0.15) is 20.3 Å². The predicted octanol–water partition coefficient (Wildman–Crippen LogP) is 2.24. The molecule has 0 aliphatic rings. The van der Waals surface area contributed by atoms with Gasteiger partial charge in [-0.3, -0.25) is 0 Å². The molecule has 0 rings (SSSR count). The van der Waals surface area contributed by atoms with Crippen LogP contribution < -0.4 is 0 Å². The fraction of sp³-hybridized carbons (Fsp3) is 1.00. The van der Waals surface area contributed by atoms with Crippen molar-refractivity contribution >= 4 is 29.8 Å². The van der Waals surface area contributed by atoms with Gasteiger partial charge in [0.15, 0.2) is 0 Å². The number of hydrogen-bond donors (Lipinski definition) is 0. The Kier molecular flexibility index (Phi) is 6.00. The van der Waals surface area contributed by atoms with Gasteiger partial charge >= 0.3 is 7.66 Å². The van der Waals surface area contributed by atoms with E-state index in [1.165, 1.54) is 0 Å². The van der Waals surface area contributed by atoms with E-state index >= 15 is 0 Å². The van der Waals surface area contributed by atoms with Crippen molar-refractivity contribution in [2.24, 2.45) is 5.92 Å². The highest BCUT2D eigenvalue weighted by Gasteiger charge is 2.01. The van der Waals surface area contributed by atoms with Crippen LogP contribution in [0, 0.1) is 5.92 Å². The van der Waals surface area contributed by atoms with E-state index in [9.17, 15) is 0 Å². The minimum atomic E-state index is -1.78. The van der Waals surface area contributed by atoms with Crippen molar-refractivity contribution in [2.75, 3.05) is 6.61 Å². The molecule has 1 nitrogen and oxygen atoms in total. The minimum absolute atomic E-state index is 0.672. The molecule has 0 fully saturated rings. The van der Waals surface area contributed by atoms with Crippen LogP contribution in [-0.4, -0.2) is 14.3 Å². The first kappa shape index (κ1) is 9.76. The molecule has 0 amide bonds. The van der Waals surface area contributed by atoms with Crippen molar-refractivity contribution < 1.29 is 4.43 Å². The summed E-state index contributed by atoms with van der Waals surface area (Å²) in [5, 5.41) is 0. The van der Waals surface area contributed by atoms with Crippen molar-refractivity contribution in [1.82, 2.24) is 0 Å². The zero-order valence-corrected chi connectivity index (χ0v) is 8.40. The average molecular weight is 187 g/mol. The summed E-state index contributed by atoms with van der Waals surface area (Å²) >= 11 is 10.9.